The second-order valence-electron chi connectivity index (χ2n) is 1.98. The predicted molar refractivity (Wildman–Crippen MR) is 48.3 cm³/mol. The number of ether oxygens (including phenoxy) is 1. The summed E-state index contributed by atoms with van der Waals surface area (Å²) in [5.41, 5.74) is 0.230. The lowest BCUT2D eigenvalue weighted by molar-refractivity contribution is 0.0594. The van der Waals surface area contributed by atoms with Gasteiger partial charge in [0.25, 0.3) is 0 Å². The first kappa shape index (κ1) is 9.48. The third-order valence-corrected chi connectivity index (χ3v) is 2.39. The molecule has 0 atom stereocenters. The number of pyridine rings is 1. The maximum absolute atomic E-state index is 10.9. The van der Waals surface area contributed by atoms with Crippen molar-refractivity contribution in [2.75, 3.05) is 7.11 Å². The summed E-state index contributed by atoms with van der Waals surface area (Å²) in [5, 5.41) is 0.461. The van der Waals surface area contributed by atoms with E-state index < -0.39 is 5.97 Å². The molecular weight excluding hydrogens is 245 g/mol. The van der Waals surface area contributed by atoms with Crippen molar-refractivity contribution in [2.45, 2.75) is 0 Å². The van der Waals surface area contributed by atoms with Crippen LogP contribution in [0.5, 0.6) is 0 Å². The maximum Gasteiger partial charge on any atom is 0.356 e. The average molecular weight is 250 g/mol. The van der Waals surface area contributed by atoms with Crippen LogP contribution >= 0.6 is 27.5 Å². The molecule has 0 unspecified atom stereocenters. The third kappa shape index (κ3) is 1.95. The molecule has 0 bridgehead atoms. The Kier molecular flexibility index (Phi) is 3.05. The molecular formula is C7H5BrClNO2. The Hall–Kier alpha value is -0.610. The van der Waals surface area contributed by atoms with Gasteiger partial charge in [-0.2, -0.15) is 0 Å². The molecule has 64 valence electrons. The number of hydrogen-bond donors (Lipinski definition) is 0. The highest BCUT2D eigenvalue weighted by Gasteiger charge is 2.08. The summed E-state index contributed by atoms with van der Waals surface area (Å²) < 4.78 is 5.09. The Bertz CT molecular complexity index is 316. The molecule has 1 aromatic heterocycles. The Balaban J connectivity index is 3.05. The van der Waals surface area contributed by atoms with Crippen LogP contribution in [0.2, 0.25) is 5.02 Å². The van der Waals surface area contributed by atoms with Crippen molar-refractivity contribution < 1.29 is 9.53 Å². The minimum atomic E-state index is -0.479. The second-order valence-corrected chi connectivity index (χ2v) is 3.24. The van der Waals surface area contributed by atoms with Gasteiger partial charge in [0, 0.05) is 10.7 Å². The number of carbonyl (C=O) groups is 1. The maximum atomic E-state index is 10.9. The first-order valence-electron chi connectivity index (χ1n) is 3.04. The standard InChI is InChI=1S/C7H5BrClNO2/c1-12-7(11)6-2-4(8)5(9)3-10-6/h2-3H,1H3. The molecule has 3 nitrogen and oxygen atoms in total. The van der Waals surface area contributed by atoms with Gasteiger partial charge in [0.2, 0.25) is 0 Å². The molecule has 0 aliphatic carbocycles. The second kappa shape index (κ2) is 3.87. The molecule has 0 fully saturated rings. The molecule has 1 rings (SSSR count). The van der Waals surface area contributed by atoms with Gasteiger partial charge in [-0.05, 0) is 22.0 Å². The van der Waals surface area contributed by atoms with E-state index in [2.05, 4.69) is 25.7 Å². The van der Waals surface area contributed by atoms with Crippen molar-refractivity contribution in [3.05, 3.63) is 27.5 Å². The molecule has 0 aliphatic rings. The van der Waals surface area contributed by atoms with E-state index >= 15 is 0 Å². The van der Waals surface area contributed by atoms with Crippen LogP contribution in [0.15, 0.2) is 16.7 Å². The van der Waals surface area contributed by atoms with E-state index in [1.54, 1.807) is 0 Å². The van der Waals surface area contributed by atoms with Crippen LogP contribution in [-0.2, 0) is 4.74 Å². The quantitative estimate of drug-likeness (QED) is 0.718. The normalized spacial score (nSPS) is 9.58. The summed E-state index contributed by atoms with van der Waals surface area (Å²) in [6, 6.07) is 1.51. The smallest absolute Gasteiger partial charge is 0.356 e. The molecule has 0 saturated carbocycles. The number of nitrogens with zero attached hydrogens (tertiary/aromatic N) is 1. The Morgan fingerprint density at radius 1 is 1.75 bits per heavy atom. The zero-order valence-electron chi connectivity index (χ0n) is 6.17. The highest BCUT2D eigenvalue weighted by atomic mass is 79.9. The van der Waals surface area contributed by atoms with Crippen LogP contribution in [0.25, 0.3) is 0 Å². The summed E-state index contributed by atoms with van der Waals surface area (Å²) in [4.78, 5) is 14.7. The van der Waals surface area contributed by atoms with E-state index in [1.807, 2.05) is 0 Å². The van der Waals surface area contributed by atoms with Crippen LogP contribution in [-0.4, -0.2) is 18.1 Å². The first-order chi connectivity index (χ1) is 5.65. The van der Waals surface area contributed by atoms with Gasteiger partial charge >= 0.3 is 5.97 Å². The summed E-state index contributed by atoms with van der Waals surface area (Å²) >= 11 is 8.83. The molecule has 0 saturated heterocycles. The molecule has 0 aliphatic heterocycles. The van der Waals surface area contributed by atoms with Crippen LogP contribution in [0.1, 0.15) is 10.5 Å². The molecule has 0 amide bonds. The molecule has 12 heavy (non-hydrogen) atoms. The molecule has 0 aromatic carbocycles. The largest absolute Gasteiger partial charge is 0.464 e. The van der Waals surface area contributed by atoms with Crippen molar-refractivity contribution in [3.8, 4) is 0 Å². The van der Waals surface area contributed by atoms with Crippen LogP contribution < -0.4 is 0 Å². The minimum absolute atomic E-state index is 0.230. The van der Waals surface area contributed by atoms with Crippen molar-refractivity contribution in [3.63, 3.8) is 0 Å². The predicted octanol–water partition coefficient (Wildman–Crippen LogP) is 2.28. The lowest BCUT2D eigenvalue weighted by Gasteiger charge is -1.99. The van der Waals surface area contributed by atoms with E-state index in [0.717, 1.165) is 0 Å². The van der Waals surface area contributed by atoms with Gasteiger partial charge in [0.15, 0.2) is 0 Å². The molecule has 0 radical (unpaired) electrons. The highest BCUT2D eigenvalue weighted by molar-refractivity contribution is 9.10. The number of halogens is 2. The third-order valence-electron chi connectivity index (χ3n) is 1.20. The van der Waals surface area contributed by atoms with Gasteiger partial charge in [-0.3, -0.25) is 0 Å². The highest BCUT2D eigenvalue weighted by Crippen LogP contribution is 2.21. The van der Waals surface area contributed by atoms with Crippen molar-refractivity contribution in [1.82, 2.24) is 4.98 Å². The Labute approximate surface area is 82.8 Å². The first-order valence-corrected chi connectivity index (χ1v) is 4.21. The number of carbonyl (C=O) groups excluding carboxylic acids is 1. The zero-order valence-corrected chi connectivity index (χ0v) is 8.52. The van der Waals surface area contributed by atoms with Crippen LogP contribution in [0, 0.1) is 0 Å². The van der Waals surface area contributed by atoms with Gasteiger partial charge in [-0.15, -0.1) is 0 Å². The Morgan fingerprint density at radius 3 is 2.92 bits per heavy atom. The van der Waals surface area contributed by atoms with Gasteiger partial charge in [-0.25, -0.2) is 9.78 Å². The molecule has 5 heteroatoms. The number of aromatic nitrogens is 1. The fraction of sp³-hybridized carbons (Fsp3) is 0.143. The number of esters is 1. The SMILES string of the molecule is COC(=O)c1cc(Br)c(Cl)cn1. The van der Waals surface area contributed by atoms with Gasteiger partial charge < -0.3 is 4.74 Å². The minimum Gasteiger partial charge on any atom is -0.464 e. The lowest BCUT2D eigenvalue weighted by atomic mass is 10.3. The summed E-state index contributed by atoms with van der Waals surface area (Å²) in [6.45, 7) is 0. The fourth-order valence-corrected chi connectivity index (χ4v) is 1.05. The number of methoxy groups -OCH3 is 1. The van der Waals surface area contributed by atoms with E-state index in [4.69, 9.17) is 11.6 Å². The van der Waals surface area contributed by atoms with Gasteiger partial charge in [-0.1, -0.05) is 11.6 Å². The van der Waals surface area contributed by atoms with Crippen molar-refractivity contribution >= 4 is 33.5 Å². The summed E-state index contributed by atoms with van der Waals surface area (Å²) in [6.07, 6.45) is 1.39. The monoisotopic (exact) mass is 249 g/mol. The lowest BCUT2D eigenvalue weighted by Crippen LogP contribution is -2.03. The van der Waals surface area contributed by atoms with Crippen LogP contribution in [0.3, 0.4) is 0 Å². The van der Waals surface area contributed by atoms with Crippen molar-refractivity contribution in [2.24, 2.45) is 0 Å². The van der Waals surface area contributed by atoms with Crippen molar-refractivity contribution in [1.29, 1.82) is 0 Å². The van der Waals surface area contributed by atoms with Gasteiger partial charge in [0.05, 0.1) is 12.1 Å². The summed E-state index contributed by atoms with van der Waals surface area (Å²) in [5.74, 6) is -0.479. The zero-order chi connectivity index (χ0) is 9.14. The Morgan fingerprint density at radius 2 is 2.42 bits per heavy atom. The van der Waals surface area contributed by atoms with E-state index in [-0.39, 0.29) is 5.69 Å². The topological polar surface area (TPSA) is 39.2 Å². The van der Waals surface area contributed by atoms with E-state index in [1.165, 1.54) is 19.4 Å². The van der Waals surface area contributed by atoms with E-state index in [0.29, 0.717) is 9.50 Å². The fourth-order valence-electron chi connectivity index (χ4n) is 0.630. The number of rotatable bonds is 1. The van der Waals surface area contributed by atoms with Gasteiger partial charge in [0.1, 0.15) is 5.69 Å². The summed E-state index contributed by atoms with van der Waals surface area (Å²) in [7, 11) is 1.30. The molecule has 1 aromatic rings. The molecule has 1 heterocycles. The molecule has 0 spiro atoms. The average Bonchev–Trinajstić information content (AvgIpc) is 2.08. The number of hydrogen-bond acceptors (Lipinski definition) is 3. The van der Waals surface area contributed by atoms with E-state index in [9.17, 15) is 4.79 Å². The van der Waals surface area contributed by atoms with Crippen LogP contribution in [0.4, 0.5) is 0 Å². The molecule has 0 N–H and O–H groups in total.